The minimum absolute atomic E-state index is 1.12. The number of fused-ring (bicyclic) bond motifs is 1. The molecule has 3 heteroatoms. The first kappa shape index (κ1) is 11.0. The zero-order valence-corrected chi connectivity index (χ0v) is 13.0. The molecule has 0 spiro atoms. The molecule has 2 rings (SSSR count). The molecule has 15 heavy (non-hydrogen) atoms. The number of benzene rings is 1. The van der Waals surface area contributed by atoms with E-state index < -0.39 is 18.4 Å². The van der Waals surface area contributed by atoms with Crippen molar-refractivity contribution in [2.45, 2.75) is 28.7 Å². The first-order valence-electron chi connectivity index (χ1n) is 5.35. The molecule has 80 valence electrons. The van der Waals surface area contributed by atoms with Crippen LogP contribution in [0, 0.1) is 13.8 Å². The van der Waals surface area contributed by atoms with Gasteiger partial charge < -0.3 is 0 Å². The summed E-state index contributed by atoms with van der Waals surface area (Å²) in [6, 6.07) is 4.69. The molecule has 0 atom stereocenters. The third-order valence-corrected chi connectivity index (χ3v) is 8.69. The van der Waals surface area contributed by atoms with Crippen molar-refractivity contribution in [1.82, 2.24) is 10.2 Å². The van der Waals surface area contributed by atoms with Crippen LogP contribution in [0.4, 0.5) is 0 Å². The summed E-state index contributed by atoms with van der Waals surface area (Å²) >= 11 is -1.95. The van der Waals surface area contributed by atoms with Gasteiger partial charge in [0, 0.05) is 0 Å². The van der Waals surface area contributed by atoms with E-state index in [0.29, 0.717) is 0 Å². The number of H-pyrrole nitrogens is 1. The molecule has 1 N–H and O–H groups in total. The van der Waals surface area contributed by atoms with E-state index >= 15 is 0 Å². The van der Waals surface area contributed by atoms with Crippen molar-refractivity contribution in [2.24, 2.45) is 0 Å². The second-order valence-corrected chi connectivity index (χ2v) is 19.8. The van der Waals surface area contributed by atoms with Crippen molar-refractivity contribution in [1.29, 1.82) is 0 Å². The van der Waals surface area contributed by atoms with E-state index in [2.05, 4.69) is 51.0 Å². The first-order valence-corrected chi connectivity index (χ1v) is 15.3. The average Bonchev–Trinajstić information content (AvgIpc) is 2.47. The maximum atomic E-state index is 4.28. The Balaban J connectivity index is 2.76. The predicted molar refractivity (Wildman–Crippen MR) is 68.5 cm³/mol. The van der Waals surface area contributed by atoms with Crippen LogP contribution in [0.2, 0.25) is 14.8 Å². The number of aryl methyl sites for hydroxylation is 2. The molecule has 1 aromatic carbocycles. The molecule has 0 radical (unpaired) electrons. The van der Waals surface area contributed by atoms with Crippen molar-refractivity contribution < 1.29 is 0 Å². The minimum atomic E-state index is -1.95. The van der Waals surface area contributed by atoms with Crippen LogP contribution in [-0.2, 0) is 0 Å². The number of rotatable bonds is 1. The van der Waals surface area contributed by atoms with Crippen LogP contribution in [0.5, 0.6) is 0 Å². The molecule has 0 aliphatic carbocycles. The maximum absolute atomic E-state index is 4.28. The number of hydrogen-bond donors (Lipinski definition) is 1. The molecule has 1 heterocycles. The average molecular weight is 309 g/mol. The molecule has 0 bridgehead atoms. The normalized spacial score (nSPS) is 12.3. The Morgan fingerprint density at radius 1 is 1.13 bits per heavy atom. The molecule has 0 amide bonds. The van der Waals surface area contributed by atoms with Crippen molar-refractivity contribution in [3.63, 3.8) is 0 Å². The fourth-order valence-corrected chi connectivity index (χ4v) is 5.36. The van der Waals surface area contributed by atoms with Gasteiger partial charge in [0.2, 0.25) is 0 Å². The van der Waals surface area contributed by atoms with E-state index in [1.165, 1.54) is 16.5 Å². The number of hydrogen-bond acceptors (Lipinski definition) is 1. The van der Waals surface area contributed by atoms with Gasteiger partial charge in [0.1, 0.15) is 0 Å². The summed E-state index contributed by atoms with van der Waals surface area (Å²) in [5, 5.41) is 8.69. The molecule has 1 aromatic heterocycles. The monoisotopic (exact) mass is 310 g/mol. The molecule has 0 unspecified atom stereocenters. The van der Waals surface area contributed by atoms with Crippen LogP contribution < -0.4 is 3.58 Å². The fourth-order valence-electron chi connectivity index (χ4n) is 1.85. The number of nitrogens with zero attached hydrogens (tertiary/aromatic N) is 1. The molecule has 2 nitrogen and oxygen atoms in total. The van der Waals surface area contributed by atoms with Gasteiger partial charge in [0.15, 0.2) is 0 Å². The zero-order valence-electron chi connectivity index (χ0n) is 10.1. The predicted octanol–water partition coefficient (Wildman–Crippen LogP) is 2.72. The van der Waals surface area contributed by atoms with Crippen LogP contribution in [0.3, 0.4) is 0 Å². The van der Waals surface area contributed by atoms with Crippen LogP contribution in [0.15, 0.2) is 12.1 Å². The van der Waals surface area contributed by atoms with Crippen molar-refractivity contribution >= 4 is 32.9 Å². The Morgan fingerprint density at radius 3 is 2.40 bits per heavy atom. The Bertz CT molecular complexity index is 506. The van der Waals surface area contributed by atoms with Crippen LogP contribution in [0.25, 0.3) is 10.9 Å². The Hall–Kier alpha value is -0.511. The van der Waals surface area contributed by atoms with Crippen LogP contribution in [-0.4, -0.2) is 28.6 Å². The summed E-state index contributed by atoms with van der Waals surface area (Å²) in [6.45, 7) is 4.24. The molecular weight excluding hydrogens is 291 g/mol. The molecule has 0 aliphatic rings. The second kappa shape index (κ2) is 3.51. The Kier molecular flexibility index (Phi) is 2.57. The van der Waals surface area contributed by atoms with Gasteiger partial charge in [-0.15, -0.1) is 0 Å². The van der Waals surface area contributed by atoms with E-state index in [9.17, 15) is 0 Å². The molecule has 0 saturated heterocycles. The van der Waals surface area contributed by atoms with Gasteiger partial charge in [0.05, 0.1) is 0 Å². The third kappa shape index (κ3) is 1.92. The van der Waals surface area contributed by atoms with Gasteiger partial charge in [-0.3, -0.25) is 0 Å². The van der Waals surface area contributed by atoms with Crippen molar-refractivity contribution in [3.8, 4) is 0 Å². The van der Waals surface area contributed by atoms with E-state index in [4.69, 9.17) is 0 Å². The van der Waals surface area contributed by atoms with Gasteiger partial charge in [-0.05, 0) is 0 Å². The van der Waals surface area contributed by atoms with Crippen LogP contribution in [0.1, 0.15) is 11.3 Å². The van der Waals surface area contributed by atoms with E-state index in [1.807, 2.05) is 0 Å². The second-order valence-electron chi connectivity index (χ2n) is 5.27. The molecule has 0 fully saturated rings. The molecular formula is C12H18N2Sn. The van der Waals surface area contributed by atoms with E-state index in [-0.39, 0.29) is 0 Å². The third-order valence-electron chi connectivity index (χ3n) is 2.93. The molecule has 0 aliphatic heterocycles. The number of aromatic amines is 1. The van der Waals surface area contributed by atoms with E-state index in [1.54, 1.807) is 3.58 Å². The summed E-state index contributed by atoms with van der Waals surface area (Å²) in [7, 11) is 0. The number of nitrogens with one attached hydrogen (secondary N) is 1. The topological polar surface area (TPSA) is 28.7 Å². The van der Waals surface area contributed by atoms with E-state index in [0.717, 1.165) is 5.69 Å². The zero-order chi connectivity index (χ0) is 11.2. The first-order chi connectivity index (χ1) is 6.89. The van der Waals surface area contributed by atoms with Gasteiger partial charge in [-0.2, -0.15) is 0 Å². The van der Waals surface area contributed by atoms with Gasteiger partial charge >= 0.3 is 95.1 Å². The molecule has 0 saturated carbocycles. The van der Waals surface area contributed by atoms with Gasteiger partial charge in [0.25, 0.3) is 0 Å². The standard InChI is InChI=1S/C9H9N2.3CH3.Sn/c1-6-4-3-5-8-7(2)10-11-9(6)8;;;;/h4-5H,1-2H3,(H,10,11);3*1H3;. The Morgan fingerprint density at radius 2 is 1.80 bits per heavy atom. The Labute approximate surface area is 95.0 Å². The van der Waals surface area contributed by atoms with Crippen molar-refractivity contribution in [3.05, 3.63) is 23.4 Å². The van der Waals surface area contributed by atoms with Gasteiger partial charge in [-0.1, -0.05) is 0 Å². The van der Waals surface area contributed by atoms with Gasteiger partial charge in [-0.25, -0.2) is 0 Å². The number of aromatic nitrogens is 2. The molecule has 2 aromatic rings. The van der Waals surface area contributed by atoms with Crippen molar-refractivity contribution in [2.75, 3.05) is 0 Å². The summed E-state index contributed by atoms with van der Waals surface area (Å²) in [6.07, 6.45) is 0. The summed E-state index contributed by atoms with van der Waals surface area (Å²) in [5.41, 5.74) is 3.65. The summed E-state index contributed by atoms with van der Waals surface area (Å²) in [5.74, 6) is 0. The van der Waals surface area contributed by atoms with Crippen LogP contribution >= 0.6 is 0 Å². The quantitative estimate of drug-likeness (QED) is 0.806. The fraction of sp³-hybridized carbons (Fsp3) is 0.417. The SMILES string of the molecule is Cc1n[nH]c2c(C)c[c]([Sn]([CH3])([CH3])[CH3])cc12. The summed E-state index contributed by atoms with van der Waals surface area (Å²) in [4.78, 5) is 7.35. The summed E-state index contributed by atoms with van der Waals surface area (Å²) < 4.78 is 1.58.